The molecule has 1 aliphatic rings. The van der Waals surface area contributed by atoms with Crippen molar-refractivity contribution in [3.63, 3.8) is 0 Å². The summed E-state index contributed by atoms with van der Waals surface area (Å²) in [4.78, 5) is 19.4. The average molecular weight is 272 g/mol. The molecule has 106 valence electrons. The summed E-state index contributed by atoms with van der Waals surface area (Å²) in [5.41, 5.74) is 6.79. The van der Waals surface area contributed by atoms with Gasteiger partial charge in [0.1, 0.15) is 0 Å². The zero-order chi connectivity index (χ0) is 14.3. The molecule has 0 spiro atoms. The van der Waals surface area contributed by atoms with E-state index < -0.39 is 0 Å². The van der Waals surface area contributed by atoms with Crippen molar-refractivity contribution in [1.82, 2.24) is 9.97 Å². The van der Waals surface area contributed by atoms with Crippen molar-refractivity contribution in [3.05, 3.63) is 28.6 Å². The maximum absolute atomic E-state index is 12.1. The van der Waals surface area contributed by atoms with Gasteiger partial charge in [-0.15, -0.1) is 0 Å². The number of nitrogens with one attached hydrogen (secondary N) is 2. The second kappa shape index (κ2) is 4.81. The third-order valence-corrected chi connectivity index (χ3v) is 4.52. The number of anilines is 2. The fourth-order valence-corrected chi connectivity index (χ4v) is 2.97. The number of hydrogen-bond acceptors (Lipinski definition) is 4. The van der Waals surface area contributed by atoms with Gasteiger partial charge in [-0.1, -0.05) is 13.8 Å². The van der Waals surface area contributed by atoms with Gasteiger partial charge in [-0.2, -0.15) is 0 Å². The predicted octanol–water partition coefficient (Wildman–Crippen LogP) is 2.35. The Morgan fingerprint density at radius 2 is 2.15 bits per heavy atom. The molecular formula is C15H20N4O. The monoisotopic (exact) mass is 272 g/mol. The van der Waals surface area contributed by atoms with Gasteiger partial charge in [0.2, 0.25) is 5.95 Å². The van der Waals surface area contributed by atoms with Crippen LogP contribution in [0.3, 0.4) is 0 Å². The van der Waals surface area contributed by atoms with E-state index >= 15 is 0 Å². The highest BCUT2D eigenvalue weighted by Gasteiger charge is 2.30. The maximum Gasteiger partial charge on any atom is 0.260 e. The van der Waals surface area contributed by atoms with Crippen LogP contribution in [0, 0.1) is 11.8 Å². The molecule has 1 heterocycles. The van der Waals surface area contributed by atoms with E-state index in [1.807, 2.05) is 0 Å². The van der Waals surface area contributed by atoms with Crippen molar-refractivity contribution in [2.75, 3.05) is 11.1 Å². The third kappa shape index (κ3) is 2.24. The predicted molar refractivity (Wildman–Crippen MR) is 81.7 cm³/mol. The van der Waals surface area contributed by atoms with Gasteiger partial charge in [-0.3, -0.25) is 9.78 Å². The largest absolute Gasteiger partial charge is 0.399 e. The van der Waals surface area contributed by atoms with Gasteiger partial charge in [0.15, 0.2) is 0 Å². The van der Waals surface area contributed by atoms with Crippen LogP contribution < -0.4 is 16.6 Å². The highest BCUT2D eigenvalue weighted by Crippen LogP contribution is 2.32. The highest BCUT2D eigenvalue weighted by molar-refractivity contribution is 5.81. The average Bonchev–Trinajstić information content (AvgIpc) is 2.72. The molecule has 2 aromatic rings. The van der Waals surface area contributed by atoms with Crippen LogP contribution in [0.1, 0.15) is 26.7 Å². The second-order valence-electron chi connectivity index (χ2n) is 5.86. The first-order chi connectivity index (χ1) is 9.54. The molecule has 20 heavy (non-hydrogen) atoms. The number of aromatic amines is 1. The minimum absolute atomic E-state index is 0.150. The molecule has 1 aliphatic carbocycles. The van der Waals surface area contributed by atoms with Gasteiger partial charge in [-0.25, -0.2) is 4.98 Å². The van der Waals surface area contributed by atoms with Gasteiger partial charge >= 0.3 is 0 Å². The molecule has 3 rings (SSSR count). The molecule has 0 saturated heterocycles. The Bertz CT molecular complexity index is 694. The topological polar surface area (TPSA) is 83.8 Å². The van der Waals surface area contributed by atoms with Gasteiger partial charge < -0.3 is 11.1 Å². The SMILES string of the molecule is CC1CCC(Nc2nc3ccc(N)cc3c(=O)[nH]2)C1C. The lowest BCUT2D eigenvalue weighted by Crippen LogP contribution is -2.26. The van der Waals surface area contributed by atoms with E-state index in [0.717, 1.165) is 6.42 Å². The van der Waals surface area contributed by atoms with Crippen molar-refractivity contribution in [2.45, 2.75) is 32.7 Å². The number of H-pyrrole nitrogens is 1. The number of benzene rings is 1. The highest BCUT2D eigenvalue weighted by atomic mass is 16.1. The fraction of sp³-hybridized carbons (Fsp3) is 0.467. The number of rotatable bonds is 2. The molecule has 1 saturated carbocycles. The molecule has 0 bridgehead atoms. The molecular weight excluding hydrogens is 252 g/mol. The van der Waals surface area contributed by atoms with Crippen LogP contribution in [0.15, 0.2) is 23.0 Å². The van der Waals surface area contributed by atoms with Gasteiger partial charge in [-0.05, 0) is 42.9 Å². The standard InChI is InChI=1S/C15H20N4O/c1-8-3-5-12(9(8)2)17-15-18-13-6-4-10(16)7-11(13)14(20)19-15/h4,6-9,12H,3,5,16H2,1-2H3,(H2,17,18,19,20). The molecule has 1 fully saturated rings. The minimum Gasteiger partial charge on any atom is -0.399 e. The molecule has 1 aromatic carbocycles. The number of fused-ring (bicyclic) bond motifs is 1. The summed E-state index contributed by atoms with van der Waals surface area (Å²) in [5.74, 6) is 1.85. The Labute approximate surface area is 117 Å². The number of aromatic nitrogens is 2. The third-order valence-electron chi connectivity index (χ3n) is 4.52. The first kappa shape index (κ1) is 13.0. The summed E-state index contributed by atoms with van der Waals surface area (Å²) in [5, 5.41) is 3.90. The Morgan fingerprint density at radius 1 is 1.35 bits per heavy atom. The molecule has 5 nitrogen and oxygen atoms in total. The van der Waals surface area contributed by atoms with Crippen LogP contribution in [-0.2, 0) is 0 Å². The quantitative estimate of drug-likeness (QED) is 0.733. The lowest BCUT2D eigenvalue weighted by Gasteiger charge is -2.20. The van der Waals surface area contributed by atoms with E-state index in [1.165, 1.54) is 6.42 Å². The Balaban J connectivity index is 1.93. The fourth-order valence-electron chi connectivity index (χ4n) is 2.97. The van der Waals surface area contributed by atoms with Crippen molar-refractivity contribution < 1.29 is 0 Å². The summed E-state index contributed by atoms with van der Waals surface area (Å²) in [6, 6.07) is 5.58. The van der Waals surface area contributed by atoms with E-state index in [-0.39, 0.29) is 5.56 Å². The van der Waals surface area contributed by atoms with Gasteiger partial charge in [0.25, 0.3) is 5.56 Å². The molecule has 3 unspecified atom stereocenters. The molecule has 5 heteroatoms. The van der Waals surface area contributed by atoms with E-state index in [0.29, 0.717) is 40.4 Å². The van der Waals surface area contributed by atoms with Crippen LogP contribution in [0.5, 0.6) is 0 Å². The first-order valence-corrected chi connectivity index (χ1v) is 7.10. The summed E-state index contributed by atoms with van der Waals surface area (Å²) in [6.07, 6.45) is 2.33. The number of nitrogen functional groups attached to an aromatic ring is 1. The summed E-state index contributed by atoms with van der Waals surface area (Å²) >= 11 is 0. The number of nitrogens with zero attached hydrogens (tertiary/aromatic N) is 1. The van der Waals surface area contributed by atoms with Crippen molar-refractivity contribution >= 4 is 22.5 Å². The zero-order valence-corrected chi connectivity index (χ0v) is 11.8. The number of nitrogens with two attached hydrogens (primary N) is 1. The normalized spacial score (nSPS) is 26.0. The lowest BCUT2D eigenvalue weighted by atomic mass is 9.98. The van der Waals surface area contributed by atoms with Crippen LogP contribution in [0.4, 0.5) is 11.6 Å². The smallest absolute Gasteiger partial charge is 0.260 e. The summed E-state index contributed by atoms with van der Waals surface area (Å²) in [6.45, 7) is 4.51. The van der Waals surface area contributed by atoms with Crippen LogP contribution in [0.2, 0.25) is 0 Å². The molecule has 0 aliphatic heterocycles. The van der Waals surface area contributed by atoms with E-state index in [9.17, 15) is 4.79 Å². The Hall–Kier alpha value is -2.04. The molecule has 0 radical (unpaired) electrons. The lowest BCUT2D eigenvalue weighted by molar-refractivity contribution is 0.434. The van der Waals surface area contributed by atoms with E-state index in [2.05, 4.69) is 29.1 Å². The maximum atomic E-state index is 12.1. The molecule has 1 aromatic heterocycles. The number of hydrogen-bond donors (Lipinski definition) is 3. The van der Waals surface area contributed by atoms with E-state index in [1.54, 1.807) is 18.2 Å². The van der Waals surface area contributed by atoms with Crippen molar-refractivity contribution in [1.29, 1.82) is 0 Å². The van der Waals surface area contributed by atoms with Crippen LogP contribution >= 0.6 is 0 Å². The zero-order valence-electron chi connectivity index (χ0n) is 11.8. The van der Waals surface area contributed by atoms with Gasteiger partial charge in [0, 0.05) is 11.7 Å². The summed E-state index contributed by atoms with van der Waals surface area (Å²) < 4.78 is 0. The van der Waals surface area contributed by atoms with E-state index in [4.69, 9.17) is 5.73 Å². The Kier molecular flexibility index (Phi) is 3.12. The van der Waals surface area contributed by atoms with Gasteiger partial charge in [0.05, 0.1) is 10.9 Å². The van der Waals surface area contributed by atoms with Crippen molar-refractivity contribution in [3.8, 4) is 0 Å². The second-order valence-corrected chi connectivity index (χ2v) is 5.86. The van der Waals surface area contributed by atoms with Crippen LogP contribution in [0.25, 0.3) is 10.9 Å². The molecule has 4 N–H and O–H groups in total. The summed E-state index contributed by atoms with van der Waals surface area (Å²) in [7, 11) is 0. The molecule has 0 amide bonds. The Morgan fingerprint density at radius 3 is 2.85 bits per heavy atom. The van der Waals surface area contributed by atoms with Crippen LogP contribution in [-0.4, -0.2) is 16.0 Å². The molecule has 3 atom stereocenters. The van der Waals surface area contributed by atoms with Crippen molar-refractivity contribution in [2.24, 2.45) is 11.8 Å². The minimum atomic E-state index is -0.150. The first-order valence-electron chi connectivity index (χ1n) is 7.10.